The van der Waals surface area contributed by atoms with Crippen LogP contribution in [0, 0.1) is 0 Å². The summed E-state index contributed by atoms with van der Waals surface area (Å²) in [6.07, 6.45) is 0. The number of aromatic amines is 1. The predicted molar refractivity (Wildman–Crippen MR) is 111 cm³/mol. The molecule has 5 rings (SSSR count). The Balaban J connectivity index is 1.59. The van der Waals surface area contributed by atoms with Crippen molar-refractivity contribution in [2.24, 2.45) is 0 Å². The second kappa shape index (κ2) is 6.95. The predicted octanol–water partition coefficient (Wildman–Crippen LogP) is 4.18. The van der Waals surface area contributed by atoms with Crippen molar-refractivity contribution < 1.29 is 9.59 Å². The molecule has 3 aromatic carbocycles. The van der Waals surface area contributed by atoms with Crippen LogP contribution in [0.1, 0.15) is 33.6 Å². The van der Waals surface area contributed by atoms with Gasteiger partial charge in [0.15, 0.2) is 0 Å². The zero-order valence-electron chi connectivity index (χ0n) is 15.6. The number of fused-ring (bicyclic) bond motifs is 1. The average Bonchev–Trinajstić information content (AvgIpc) is 3.35. The maximum absolute atomic E-state index is 13.4. The topological polar surface area (TPSA) is 65.2 Å². The molecule has 0 radical (unpaired) electrons. The lowest BCUT2D eigenvalue weighted by molar-refractivity contribution is -0.121. The Morgan fingerprint density at radius 1 is 0.793 bits per heavy atom. The number of para-hydroxylation sites is 1. The highest BCUT2D eigenvalue weighted by Crippen LogP contribution is 2.40. The lowest BCUT2D eigenvalue weighted by atomic mass is 9.87. The van der Waals surface area contributed by atoms with E-state index in [1.165, 1.54) is 5.01 Å². The molecule has 0 spiro atoms. The van der Waals surface area contributed by atoms with E-state index in [1.54, 1.807) is 0 Å². The molecule has 2 amide bonds. The van der Waals surface area contributed by atoms with E-state index in [1.807, 2.05) is 91.0 Å². The molecule has 5 nitrogen and oxygen atoms in total. The van der Waals surface area contributed by atoms with Crippen molar-refractivity contribution in [1.29, 1.82) is 0 Å². The molecule has 142 valence electrons. The van der Waals surface area contributed by atoms with E-state index in [2.05, 4.69) is 10.4 Å². The van der Waals surface area contributed by atoms with E-state index in [4.69, 9.17) is 0 Å². The smallest absolute Gasteiger partial charge is 0.289 e. The van der Waals surface area contributed by atoms with Gasteiger partial charge in [-0.1, -0.05) is 78.9 Å². The highest BCUT2D eigenvalue weighted by atomic mass is 16.2. The number of amides is 2. The third kappa shape index (κ3) is 2.97. The number of H-pyrrole nitrogens is 1. The number of carbonyl (C=O) groups is 2. The minimum Gasteiger partial charge on any atom is -0.350 e. The van der Waals surface area contributed by atoms with Gasteiger partial charge in [0.05, 0.1) is 12.0 Å². The van der Waals surface area contributed by atoms with Crippen LogP contribution in [-0.2, 0) is 4.79 Å². The zero-order valence-corrected chi connectivity index (χ0v) is 15.6. The fourth-order valence-electron chi connectivity index (χ4n) is 4.03. The van der Waals surface area contributed by atoms with Crippen molar-refractivity contribution in [1.82, 2.24) is 15.4 Å². The van der Waals surface area contributed by atoms with Gasteiger partial charge in [0, 0.05) is 10.9 Å². The van der Waals surface area contributed by atoms with E-state index < -0.39 is 12.0 Å². The average molecular weight is 381 g/mol. The van der Waals surface area contributed by atoms with Crippen LogP contribution in [0.25, 0.3) is 10.9 Å². The summed E-state index contributed by atoms with van der Waals surface area (Å²) < 4.78 is 0. The molecular formula is C24H19N3O2. The lowest BCUT2D eigenvalue weighted by Crippen LogP contribution is -2.40. The molecule has 29 heavy (non-hydrogen) atoms. The maximum atomic E-state index is 13.4. The first-order valence-electron chi connectivity index (χ1n) is 9.54. The number of aromatic nitrogens is 1. The molecule has 1 aliphatic rings. The van der Waals surface area contributed by atoms with Gasteiger partial charge >= 0.3 is 0 Å². The largest absolute Gasteiger partial charge is 0.350 e. The maximum Gasteiger partial charge on any atom is 0.289 e. The standard InChI is InChI=1S/C24H19N3O2/c28-23-21(16-9-3-1-4-10-16)22(17-11-5-2-6-12-17)27(26-23)24(29)20-15-18-13-7-8-14-19(18)25-20/h1-15,21-22,25H,(H,26,28). The number of hydrazine groups is 1. The number of nitrogens with one attached hydrogen (secondary N) is 2. The van der Waals surface area contributed by atoms with Crippen molar-refractivity contribution >= 4 is 22.7 Å². The van der Waals surface area contributed by atoms with Gasteiger partial charge in [0.25, 0.3) is 5.91 Å². The van der Waals surface area contributed by atoms with Crippen LogP contribution >= 0.6 is 0 Å². The van der Waals surface area contributed by atoms with Gasteiger partial charge in [-0.3, -0.25) is 15.0 Å². The van der Waals surface area contributed by atoms with Gasteiger partial charge in [0.2, 0.25) is 5.91 Å². The molecular weight excluding hydrogens is 362 g/mol. The zero-order chi connectivity index (χ0) is 19.8. The Bertz CT molecular complexity index is 1150. The summed E-state index contributed by atoms with van der Waals surface area (Å²) in [5.41, 5.74) is 5.94. The first-order valence-corrected chi connectivity index (χ1v) is 9.54. The van der Waals surface area contributed by atoms with Gasteiger partial charge < -0.3 is 4.98 Å². The highest BCUT2D eigenvalue weighted by molar-refractivity contribution is 6.01. The number of nitrogens with zero attached hydrogens (tertiary/aromatic N) is 1. The van der Waals surface area contributed by atoms with Crippen LogP contribution in [0.5, 0.6) is 0 Å². The molecule has 2 heterocycles. The monoisotopic (exact) mass is 381 g/mol. The molecule has 1 aliphatic heterocycles. The molecule has 1 fully saturated rings. The quantitative estimate of drug-likeness (QED) is 0.559. The van der Waals surface area contributed by atoms with E-state index in [0.29, 0.717) is 5.69 Å². The molecule has 4 aromatic rings. The van der Waals surface area contributed by atoms with Gasteiger partial charge in [-0.05, 0) is 23.3 Å². The van der Waals surface area contributed by atoms with E-state index in [0.717, 1.165) is 22.0 Å². The second-order valence-corrected chi connectivity index (χ2v) is 7.17. The van der Waals surface area contributed by atoms with Crippen molar-refractivity contribution in [2.45, 2.75) is 12.0 Å². The summed E-state index contributed by atoms with van der Waals surface area (Å²) in [6.45, 7) is 0. The number of hydrogen-bond acceptors (Lipinski definition) is 2. The summed E-state index contributed by atoms with van der Waals surface area (Å²) in [4.78, 5) is 29.5. The fourth-order valence-corrected chi connectivity index (χ4v) is 4.03. The third-order valence-corrected chi connectivity index (χ3v) is 5.39. The SMILES string of the molecule is O=C1NN(C(=O)c2cc3ccccc3[nH]2)C(c2ccccc2)C1c1ccccc1. The third-order valence-electron chi connectivity index (χ3n) is 5.39. The first kappa shape index (κ1) is 17.3. The number of carbonyl (C=O) groups excluding carboxylic acids is 2. The van der Waals surface area contributed by atoms with Crippen LogP contribution in [0.4, 0.5) is 0 Å². The van der Waals surface area contributed by atoms with Crippen molar-refractivity contribution in [2.75, 3.05) is 0 Å². The molecule has 2 atom stereocenters. The van der Waals surface area contributed by atoms with Gasteiger partial charge in [0.1, 0.15) is 5.69 Å². The summed E-state index contributed by atoms with van der Waals surface area (Å²) in [5.74, 6) is -0.928. The highest BCUT2D eigenvalue weighted by Gasteiger charge is 2.45. The van der Waals surface area contributed by atoms with E-state index >= 15 is 0 Å². The Morgan fingerprint density at radius 2 is 1.41 bits per heavy atom. The molecule has 0 saturated carbocycles. The van der Waals surface area contributed by atoms with E-state index in [9.17, 15) is 9.59 Å². The number of rotatable bonds is 3. The van der Waals surface area contributed by atoms with Crippen LogP contribution in [0.2, 0.25) is 0 Å². The summed E-state index contributed by atoms with van der Waals surface area (Å²) in [5, 5.41) is 2.41. The second-order valence-electron chi connectivity index (χ2n) is 7.17. The summed E-state index contributed by atoms with van der Waals surface area (Å²) >= 11 is 0. The van der Waals surface area contributed by atoms with Crippen molar-refractivity contribution in [3.8, 4) is 0 Å². The molecule has 5 heteroatoms. The van der Waals surface area contributed by atoms with Gasteiger partial charge in [-0.25, -0.2) is 5.01 Å². The van der Waals surface area contributed by atoms with Crippen molar-refractivity contribution in [3.05, 3.63) is 108 Å². The van der Waals surface area contributed by atoms with Crippen LogP contribution < -0.4 is 5.43 Å². The first-order chi connectivity index (χ1) is 14.2. The molecule has 1 aromatic heterocycles. The Hall–Kier alpha value is -3.86. The summed E-state index contributed by atoms with van der Waals surface area (Å²) in [6, 6.07) is 28.4. The van der Waals surface area contributed by atoms with Crippen LogP contribution in [0.15, 0.2) is 91.0 Å². The van der Waals surface area contributed by atoms with E-state index in [-0.39, 0.29) is 11.8 Å². The van der Waals surface area contributed by atoms with Crippen LogP contribution in [0.3, 0.4) is 0 Å². The fraction of sp³-hybridized carbons (Fsp3) is 0.0833. The molecule has 0 aliphatic carbocycles. The molecule has 2 unspecified atom stereocenters. The Kier molecular flexibility index (Phi) is 4.13. The van der Waals surface area contributed by atoms with Gasteiger partial charge in [-0.2, -0.15) is 0 Å². The molecule has 0 bridgehead atoms. The minimum absolute atomic E-state index is 0.186. The number of hydrogen-bond donors (Lipinski definition) is 2. The minimum atomic E-state index is -0.480. The summed E-state index contributed by atoms with van der Waals surface area (Å²) in [7, 11) is 0. The Morgan fingerprint density at radius 3 is 2.10 bits per heavy atom. The molecule has 1 saturated heterocycles. The van der Waals surface area contributed by atoms with Crippen molar-refractivity contribution in [3.63, 3.8) is 0 Å². The number of benzene rings is 3. The Labute approximate surface area is 167 Å². The van der Waals surface area contributed by atoms with Gasteiger partial charge in [-0.15, -0.1) is 0 Å². The lowest BCUT2D eigenvalue weighted by Gasteiger charge is -2.26. The molecule has 2 N–H and O–H groups in total. The van der Waals surface area contributed by atoms with Crippen LogP contribution in [-0.4, -0.2) is 21.8 Å². The normalized spacial score (nSPS) is 18.8.